The standard InChI is InChI=1S/C22H22N6O3/c1-13(27-19(30)14-8-5-6-9-15(14)20(27)31)18(29)25-17-12-16(22(2,3)4)26-28(17)21-23-10-7-11-24-21/h5-13H,1-4H3,(H,25,29). The number of benzene rings is 1. The molecule has 3 heterocycles. The molecule has 9 heteroatoms. The highest BCUT2D eigenvalue weighted by Gasteiger charge is 2.40. The molecule has 0 fully saturated rings. The number of imide groups is 1. The normalized spacial score (nSPS) is 14.5. The third-order valence-electron chi connectivity index (χ3n) is 5.06. The van der Waals surface area contributed by atoms with Crippen molar-refractivity contribution >= 4 is 23.5 Å². The zero-order valence-electron chi connectivity index (χ0n) is 17.7. The van der Waals surface area contributed by atoms with Crippen molar-refractivity contribution in [1.82, 2.24) is 24.6 Å². The first kappa shape index (κ1) is 20.4. The number of fused-ring (bicyclic) bond motifs is 1. The van der Waals surface area contributed by atoms with Gasteiger partial charge in [0.1, 0.15) is 11.9 Å². The first-order chi connectivity index (χ1) is 14.7. The van der Waals surface area contributed by atoms with Gasteiger partial charge in [-0.2, -0.15) is 9.78 Å². The zero-order valence-corrected chi connectivity index (χ0v) is 17.7. The Hall–Kier alpha value is -3.88. The summed E-state index contributed by atoms with van der Waals surface area (Å²) >= 11 is 0. The lowest BCUT2D eigenvalue weighted by Crippen LogP contribution is -2.45. The summed E-state index contributed by atoms with van der Waals surface area (Å²) in [6.07, 6.45) is 3.15. The van der Waals surface area contributed by atoms with Gasteiger partial charge in [-0.05, 0) is 25.1 Å². The van der Waals surface area contributed by atoms with Crippen molar-refractivity contribution in [3.63, 3.8) is 0 Å². The molecule has 4 rings (SSSR count). The Morgan fingerprint density at radius 2 is 1.58 bits per heavy atom. The molecule has 1 aliphatic rings. The number of carbonyl (C=O) groups is 3. The minimum absolute atomic E-state index is 0.284. The first-order valence-electron chi connectivity index (χ1n) is 9.84. The quantitative estimate of drug-likeness (QED) is 0.652. The van der Waals surface area contributed by atoms with E-state index in [0.717, 1.165) is 10.6 Å². The summed E-state index contributed by atoms with van der Waals surface area (Å²) in [7, 11) is 0. The molecular formula is C22H22N6O3. The number of hydrogen-bond acceptors (Lipinski definition) is 6. The maximum Gasteiger partial charge on any atom is 0.262 e. The second kappa shape index (κ2) is 7.42. The van der Waals surface area contributed by atoms with Gasteiger partial charge in [-0.25, -0.2) is 9.97 Å². The van der Waals surface area contributed by atoms with Crippen molar-refractivity contribution in [1.29, 1.82) is 0 Å². The third kappa shape index (κ3) is 3.58. The fraction of sp³-hybridized carbons (Fsp3) is 0.273. The number of amides is 3. The molecule has 3 amide bonds. The highest BCUT2D eigenvalue weighted by molar-refractivity contribution is 6.23. The Morgan fingerprint density at radius 3 is 2.13 bits per heavy atom. The average molecular weight is 418 g/mol. The molecule has 0 saturated heterocycles. The fourth-order valence-corrected chi connectivity index (χ4v) is 3.30. The maximum absolute atomic E-state index is 13.0. The monoisotopic (exact) mass is 418 g/mol. The largest absolute Gasteiger partial charge is 0.309 e. The predicted molar refractivity (Wildman–Crippen MR) is 113 cm³/mol. The molecule has 0 saturated carbocycles. The van der Waals surface area contributed by atoms with Crippen molar-refractivity contribution in [3.05, 3.63) is 65.6 Å². The Labute approximate surface area is 179 Å². The molecule has 1 atom stereocenters. The van der Waals surface area contributed by atoms with Crippen LogP contribution in [0, 0.1) is 0 Å². The molecule has 2 aromatic heterocycles. The molecule has 1 N–H and O–H groups in total. The lowest BCUT2D eigenvalue weighted by atomic mass is 9.92. The molecule has 0 aliphatic carbocycles. The molecule has 9 nitrogen and oxygen atoms in total. The van der Waals surface area contributed by atoms with E-state index in [1.165, 1.54) is 11.6 Å². The number of anilines is 1. The highest BCUT2D eigenvalue weighted by Crippen LogP contribution is 2.27. The van der Waals surface area contributed by atoms with E-state index >= 15 is 0 Å². The van der Waals surface area contributed by atoms with E-state index in [1.54, 1.807) is 48.8 Å². The van der Waals surface area contributed by atoms with Gasteiger partial charge >= 0.3 is 0 Å². The summed E-state index contributed by atoms with van der Waals surface area (Å²) in [5.74, 6) is -0.852. The number of nitrogens with one attached hydrogen (secondary N) is 1. The van der Waals surface area contributed by atoms with E-state index in [0.29, 0.717) is 22.9 Å². The minimum atomic E-state index is -1.02. The first-order valence-corrected chi connectivity index (χ1v) is 9.84. The van der Waals surface area contributed by atoms with Crippen molar-refractivity contribution in [2.24, 2.45) is 0 Å². The third-order valence-corrected chi connectivity index (χ3v) is 5.06. The van der Waals surface area contributed by atoms with Crippen molar-refractivity contribution in [2.45, 2.75) is 39.2 Å². The molecular weight excluding hydrogens is 396 g/mol. The van der Waals surface area contributed by atoms with Crippen LogP contribution >= 0.6 is 0 Å². The Kier molecular flexibility index (Phi) is 4.88. The van der Waals surface area contributed by atoms with Crippen LogP contribution in [-0.4, -0.2) is 48.4 Å². The van der Waals surface area contributed by atoms with Crippen LogP contribution in [0.15, 0.2) is 48.8 Å². The summed E-state index contributed by atoms with van der Waals surface area (Å²) in [6, 6.07) is 8.93. The number of rotatable bonds is 4. The van der Waals surface area contributed by atoms with Crippen LogP contribution in [0.3, 0.4) is 0 Å². The van der Waals surface area contributed by atoms with Crippen LogP contribution in [0.4, 0.5) is 5.82 Å². The minimum Gasteiger partial charge on any atom is -0.309 e. The van der Waals surface area contributed by atoms with Gasteiger partial charge in [0.05, 0.1) is 16.8 Å². The molecule has 1 aliphatic heterocycles. The van der Waals surface area contributed by atoms with Gasteiger partial charge < -0.3 is 5.32 Å². The maximum atomic E-state index is 13.0. The Morgan fingerprint density at radius 1 is 1.00 bits per heavy atom. The number of nitrogens with zero attached hydrogens (tertiary/aromatic N) is 5. The van der Waals surface area contributed by atoms with Crippen LogP contribution in [0.25, 0.3) is 5.95 Å². The number of carbonyl (C=O) groups excluding carboxylic acids is 3. The van der Waals surface area contributed by atoms with Crippen molar-refractivity contribution < 1.29 is 14.4 Å². The summed E-state index contributed by atoms with van der Waals surface area (Å²) in [4.78, 5) is 47.9. The summed E-state index contributed by atoms with van der Waals surface area (Å²) < 4.78 is 1.44. The molecule has 1 unspecified atom stereocenters. The molecule has 3 aromatic rings. The number of hydrogen-bond donors (Lipinski definition) is 1. The zero-order chi connectivity index (χ0) is 22.3. The van der Waals surface area contributed by atoms with E-state index in [4.69, 9.17) is 0 Å². The molecule has 158 valence electrons. The molecule has 0 radical (unpaired) electrons. The molecule has 31 heavy (non-hydrogen) atoms. The van der Waals surface area contributed by atoms with E-state index in [9.17, 15) is 14.4 Å². The van der Waals surface area contributed by atoms with Crippen LogP contribution in [0.1, 0.15) is 54.1 Å². The van der Waals surface area contributed by atoms with Crippen molar-refractivity contribution in [3.8, 4) is 5.95 Å². The molecule has 0 bridgehead atoms. The smallest absolute Gasteiger partial charge is 0.262 e. The second-order valence-corrected chi connectivity index (χ2v) is 8.32. The van der Waals surface area contributed by atoms with E-state index in [-0.39, 0.29) is 5.41 Å². The predicted octanol–water partition coefficient (Wildman–Crippen LogP) is 2.58. The van der Waals surface area contributed by atoms with Gasteiger partial charge in [-0.1, -0.05) is 32.9 Å². The van der Waals surface area contributed by atoms with Gasteiger partial charge in [0.25, 0.3) is 17.8 Å². The fourth-order valence-electron chi connectivity index (χ4n) is 3.30. The topological polar surface area (TPSA) is 110 Å². The van der Waals surface area contributed by atoms with Gasteiger partial charge in [0.15, 0.2) is 0 Å². The SMILES string of the molecule is CC(C(=O)Nc1cc(C(C)(C)C)nn1-c1ncccn1)N1C(=O)c2ccccc2C1=O. The molecule has 1 aromatic carbocycles. The lowest BCUT2D eigenvalue weighted by Gasteiger charge is -2.21. The van der Waals surface area contributed by atoms with Crippen LogP contribution in [0.2, 0.25) is 0 Å². The molecule has 0 spiro atoms. The average Bonchev–Trinajstić information content (AvgIpc) is 3.28. The van der Waals surface area contributed by atoms with Gasteiger partial charge in [-0.15, -0.1) is 0 Å². The Bertz CT molecular complexity index is 1140. The van der Waals surface area contributed by atoms with E-state index < -0.39 is 23.8 Å². The van der Waals surface area contributed by atoms with Crippen molar-refractivity contribution in [2.75, 3.05) is 5.32 Å². The van der Waals surface area contributed by atoms with Gasteiger partial charge in [0, 0.05) is 23.9 Å². The Balaban J connectivity index is 1.64. The van der Waals surface area contributed by atoms with Crippen LogP contribution < -0.4 is 5.32 Å². The summed E-state index contributed by atoms with van der Waals surface area (Å²) in [5.41, 5.74) is 1.03. The van der Waals surface area contributed by atoms with Gasteiger partial charge in [0.2, 0.25) is 5.91 Å². The highest BCUT2D eigenvalue weighted by atomic mass is 16.2. The summed E-state index contributed by atoms with van der Waals surface area (Å²) in [5, 5.41) is 7.33. The summed E-state index contributed by atoms with van der Waals surface area (Å²) in [6.45, 7) is 7.51. The van der Waals surface area contributed by atoms with E-state index in [2.05, 4.69) is 20.4 Å². The number of aromatic nitrogens is 4. The lowest BCUT2D eigenvalue weighted by molar-refractivity contribution is -0.119. The second-order valence-electron chi connectivity index (χ2n) is 8.32. The van der Waals surface area contributed by atoms with Gasteiger partial charge in [-0.3, -0.25) is 19.3 Å². The van der Waals surface area contributed by atoms with Crippen LogP contribution in [-0.2, 0) is 10.2 Å². The van der Waals surface area contributed by atoms with Crippen LogP contribution in [0.5, 0.6) is 0 Å². The van der Waals surface area contributed by atoms with E-state index in [1.807, 2.05) is 20.8 Å².